The summed E-state index contributed by atoms with van der Waals surface area (Å²) in [7, 11) is 3.50. The number of nitrogens with zero attached hydrogens (tertiary/aromatic N) is 2. The summed E-state index contributed by atoms with van der Waals surface area (Å²) >= 11 is 0. The Hall–Kier alpha value is -1.26. The molecule has 2 N–H and O–H groups in total. The molecule has 0 bridgehead atoms. The molecule has 0 radical (unpaired) electrons. The van der Waals surface area contributed by atoms with Crippen molar-refractivity contribution >= 4 is 11.9 Å². The molecule has 2 unspecified atom stereocenters. The molecule has 2 rings (SSSR count). The Bertz CT molecular complexity index is 322. The second kappa shape index (κ2) is 4.94. The van der Waals surface area contributed by atoms with Gasteiger partial charge in [0.1, 0.15) is 6.54 Å². The van der Waals surface area contributed by atoms with Crippen LogP contribution < -0.4 is 10.6 Å². The van der Waals surface area contributed by atoms with E-state index in [-0.39, 0.29) is 12.5 Å². The van der Waals surface area contributed by atoms with Crippen molar-refractivity contribution in [3.8, 4) is 0 Å². The standard InChI is InChI=1S/C12H22N4O/c1-8-6-10(8)15-12(14-9-4-5-9)13-7-11(17)16(2)3/h8-10H,4-7H2,1-3H3,(H2,13,14,15). The first kappa shape index (κ1) is 12.2. The van der Waals surface area contributed by atoms with Crippen molar-refractivity contribution in [3.05, 3.63) is 0 Å². The van der Waals surface area contributed by atoms with E-state index in [2.05, 4.69) is 22.5 Å². The van der Waals surface area contributed by atoms with Crippen molar-refractivity contribution in [1.29, 1.82) is 0 Å². The van der Waals surface area contributed by atoms with Gasteiger partial charge in [0.2, 0.25) is 5.91 Å². The molecule has 96 valence electrons. The van der Waals surface area contributed by atoms with Crippen LogP contribution in [0.2, 0.25) is 0 Å². The molecule has 0 heterocycles. The maximum atomic E-state index is 11.5. The van der Waals surface area contributed by atoms with Gasteiger partial charge in [0.15, 0.2) is 5.96 Å². The van der Waals surface area contributed by atoms with E-state index in [4.69, 9.17) is 0 Å². The van der Waals surface area contributed by atoms with E-state index in [0.29, 0.717) is 12.1 Å². The monoisotopic (exact) mass is 238 g/mol. The third-order valence-corrected chi connectivity index (χ3v) is 3.22. The SMILES string of the molecule is CC1CC1NC(=NCC(=O)N(C)C)NC1CC1. The lowest BCUT2D eigenvalue weighted by Crippen LogP contribution is -2.41. The van der Waals surface area contributed by atoms with Gasteiger partial charge in [-0.05, 0) is 25.2 Å². The second-order valence-corrected chi connectivity index (χ2v) is 5.34. The van der Waals surface area contributed by atoms with E-state index in [9.17, 15) is 4.79 Å². The largest absolute Gasteiger partial charge is 0.354 e. The van der Waals surface area contributed by atoms with E-state index in [1.807, 2.05) is 0 Å². The van der Waals surface area contributed by atoms with Gasteiger partial charge in [-0.15, -0.1) is 0 Å². The number of guanidine groups is 1. The Morgan fingerprint density at radius 2 is 2.00 bits per heavy atom. The summed E-state index contributed by atoms with van der Waals surface area (Å²) in [5.74, 6) is 1.56. The highest BCUT2D eigenvalue weighted by atomic mass is 16.2. The fourth-order valence-corrected chi connectivity index (χ4v) is 1.54. The van der Waals surface area contributed by atoms with Crippen molar-refractivity contribution in [2.45, 2.75) is 38.3 Å². The number of likely N-dealkylation sites (N-methyl/N-ethyl adjacent to an activating group) is 1. The molecule has 0 aromatic heterocycles. The lowest BCUT2D eigenvalue weighted by molar-refractivity contribution is -0.127. The summed E-state index contributed by atoms with van der Waals surface area (Å²) in [5, 5.41) is 6.72. The molecule has 0 spiro atoms. The normalized spacial score (nSPS) is 27.6. The Kier molecular flexibility index (Phi) is 3.54. The van der Waals surface area contributed by atoms with Crippen LogP contribution in [0.3, 0.4) is 0 Å². The van der Waals surface area contributed by atoms with Crippen LogP contribution in [-0.2, 0) is 4.79 Å². The van der Waals surface area contributed by atoms with Gasteiger partial charge in [-0.2, -0.15) is 0 Å². The molecule has 1 amide bonds. The van der Waals surface area contributed by atoms with Gasteiger partial charge < -0.3 is 15.5 Å². The minimum atomic E-state index is 0.0331. The molecule has 0 aromatic carbocycles. The first-order chi connectivity index (χ1) is 8.06. The lowest BCUT2D eigenvalue weighted by atomic mass is 10.5. The minimum absolute atomic E-state index is 0.0331. The van der Waals surface area contributed by atoms with Gasteiger partial charge in [-0.3, -0.25) is 4.79 Å². The van der Waals surface area contributed by atoms with Crippen LogP contribution in [0.4, 0.5) is 0 Å². The number of hydrogen-bond donors (Lipinski definition) is 2. The Morgan fingerprint density at radius 3 is 2.47 bits per heavy atom. The third kappa shape index (κ3) is 3.91. The van der Waals surface area contributed by atoms with Crippen LogP contribution in [0.25, 0.3) is 0 Å². The molecular formula is C12H22N4O. The topological polar surface area (TPSA) is 56.7 Å². The van der Waals surface area contributed by atoms with Crippen molar-refractivity contribution in [2.75, 3.05) is 20.6 Å². The number of aliphatic imine (C=N–C) groups is 1. The molecule has 2 saturated carbocycles. The predicted molar refractivity (Wildman–Crippen MR) is 67.9 cm³/mol. The first-order valence-corrected chi connectivity index (χ1v) is 6.34. The number of rotatable bonds is 4. The number of nitrogens with one attached hydrogen (secondary N) is 2. The van der Waals surface area contributed by atoms with Crippen LogP contribution in [0.1, 0.15) is 26.2 Å². The molecule has 2 fully saturated rings. The summed E-state index contributed by atoms with van der Waals surface area (Å²) in [4.78, 5) is 17.4. The van der Waals surface area contributed by atoms with Gasteiger partial charge in [0, 0.05) is 26.2 Å². The summed E-state index contributed by atoms with van der Waals surface area (Å²) in [6.45, 7) is 2.44. The van der Waals surface area contributed by atoms with Crippen LogP contribution >= 0.6 is 0 Å². The summed E-state index contributed by atoms with van der Waals surface area (Å²) in [6.07, 6.45) is 3.62. The number of hydrogen-bond acceptors (Lipinski definition) is 2. The molecule has 0 aromatic rings. The second-order valence-electron chi connectivity index (χ2n) is 5.34. The van der Waals surface area contributed by atoms with Gasteiger partial charge in [-0.25, -0.2) is 4.99 Å². The van der Waals surface area contributed by atoms with Gasteiger partial charge in [-0.1, -0.05) is 6.92 Å². The molecule has 2 atom stereocenters. The highest BCUT2D eigenvalue weighted by molar-refractivity contribution is 5.85. The van der Waals surface area contributed by atoms with Gasteiger partial charge in [0.25, 0.3) is 0 Å². The Morgan fingerprint density at radius 1 is 1.35 bits per heavy atom. The van der Waals surface area contributed by atoms with Crippen LogP contribution in [-0.4, -0.2) is 49.5 Å². The average molecular weight is 238 g/mol. The van der Waals surface area contributed by atoms with Crippen LogP contribution in [0.5, 0.6) is 0 Å². The maximum Gasteiger partial charge on any atom is 0.243 e. The van der Waals surface area contributed by atoms with E-state index in [1.165, 1.54) is 19.3 Å². The van der Waals surface area contributed by atoms with Crippen LogP contribution in [0, 0.1) is 5.92 Å². The molecule has 5 heteroatoms. The fourth-order valence-electron chi connectivity index (χ4n) is 1.54. The number of amides is 1. The molecule has 2 aliphatic carbocycles. The quantitative estimate of drug-likeness (QED) is 0.542. The zero-order valence-electron chi connectivity index (χ0n) is 10.9. The van der Waals surface area contributed by atoms with Crippen molar-refractivity contribution in [3.63, 3.8) is 0 Å². The molecule has 17 heavy (non-hydrogen) atoms. The Labute approximate surface area is 103 Å². The van der Waals surface area contributed by atoms with Crippen molar-refractivity contribution < 1.29 is 4.79 Å². The highest BCUT2D eigenvalue weighted by Crippen LogP contribution is 2.29. The molecular weight excluding hydrogens is 216 g/mol. The van der Waals surface area contributed by atoms with E-state index in [1.54, 1.807) is 19.0 Å². The molecule has 0 aliphatic heterocycles. The molecule has 5 nitrogen and oxygen atoms in total. The zero-order chi connectivity index (χ0) is 12.4. The Balaban J connectivity index is 1.84. The van der Waals surface area contributed by atoms with E-state index >= 15 is 0 Å². The fraction of sp³-hybridized carbons (Fsp3) is 0.833. The number of carbonyl (C=O) groups excluding carboxylic acids is 1. The first-order valence-electron chi connectivity index (χ1n) is 6.34. The summed E-state index contributed by atoms with van der Waals surface area (Å²) in [5.41, 5.74) is 0. The summed E-state index contributed by atoms with van der Waals surface area (Å²) < 4.78 is 0. The maximum absolute atomic E-state index is 11.5. The third-order valence-electron chi connectivity index (χ3n) is 3.22. The van der Waals surface area contributed by atoms with E-state index < -0.39 is 0 Å². The smallest absolute Gasteiger partial charge is 0.243 e. The number of carbonyl (C=O) groups is 1. The van der Waals surface area contributed by atoms with Crippen molar-refractivity contribution in [2.24, 2.45) is 10.9 Å². The average Bonchev–Trinajstić information content (AvgIpc) is 3.16. The van der Waals surface area contributed by atoms with Crippen molar-refractivity contribution in [1.82, 2.24) is 15.5 Å². The predicted octanol–water partition coefficient (Wildman–Crippen LogP) is 0.181. The molecule has 2 aliphatic rings. The van der Waals surface area contributed by atoms with Gasteiger partial charge >= 0.3 is 0 Å². The zero-order valence-corrected chi connectivity index (χ0v) is 10.9. The van der Waals surface area contributed by atoms with Crippen LogP contribution in [0.15, 0.2) is 4.99 Å². The highest BCUT2D eigenvalue weighted by Gasteiger charge is 2.34. The lowest BCUT2D eigenvalue weighted by Gasteiger charge is -2.13. The minimum Gasteiger partial charge on any atom is -0.354 e. The van der Waals surface area contributed by atoms with Gasteiger partial charge in [0.05, 0.1) is 0 Å². The molecule has 0 saturated heterocycles. The summed E-state index contributed by atoms with van der Waals surface area (Å²) in [6, 6.07) is 1.10. The van der Waals surface area contributed by atoms with E-state index in [0.717, 1.165) is 11.9 Å².